The highest BCUT2D eigenvalue weighted by molar-refractivity contribution is 9.10. The van der Waals surface area contributed by atoms with Crippen LogP contribution in [-0.2, 0) is 6.42 Å². The molecule has 1 aromatic heterocycles. The van der Waals surface area contributed by atoms with Crippen LogP contribution in [0.15, 0.2) is 41.0 Å². The standard InChI is InChI=1S/C15H11BrFNO/c16-12-5-1-4-10(13(12)17)15(19)11-7-6-9-3-2-8-18-14(9)11/h1-5,8,11H,6-7H2. The van der Waals surface area contributed by atoms with E-state index in [0.717, 1.165) is 17.7 Å². The van der Waals surface area contributed by atoms with Crippen molar-refractivity contribution in [3.8, 4) is 0 Å². The number of ketones is 1. The van der Waals surface area contributed by atoms with E-state index >= 15 is 0 Å². The molecule has 0 amide bonds. The van der Waals surface area contributed by atoms with Crippen molar-refractivity contribution >= 4 is 21.7 Å². The molecule has 0 spiro atoms. The first-order valence-corrected chi connectivity index (χ1v) is 6.90. The predicted octanol–water partition coefficient (Wildman–Crippen LogP) is 3.90. The minimum atomic E-state index is -0.489. The van der Waals surface area contributed by atoms with Crippen LogP contribution in [0.4, 0.5) is 4.39 Å². The number of aryl methyl sites for hydroxylation is 1. The maximum atomic E-state index is 14.0. The Kier molecular flexibility index (Phi) is 3.19. The van der Waals surface area contributed by atoms with Crippen molar-refractivity contribution < 1.29 is 9.18 Å². The van der Waals surface area contributed by atoms with Crippen molar-refractivity contribution in [1.29, 1.82) is 0 Å². The number of hydrogen-bond acceptors (Lipinski definition) is 2. The summed E-state index contributed by atoms with van der Waals surface area (Å²) in [4.78, 5) is 16.8. The maximum absolute atomic E-state index is 14.0. The Morgan fingerprint density at radius 1 is 1.32 bits per heavy atom. The van der Waals surface area contributed by atoms with Gasteiger partial charge in [-0.1, -0.05) is 12.1 Å². The average Bonchev–Trinajstić information content (AvgIpc) is 2.85. The molecule has 19 heavy (non-hydrogen) atoms. The van der Waals surface area contributed by atoms with E-state index in [0.29, 0.717) is 10.9 Å². The summed E-state index contributed by atoms with van der Waals surface area (Å²) in [6.07, 6.45) is 3.22. The lowest BCUT2D eigenvalue weighted by atomic mass is 9.95. The number of pyridine rings is 1. The first-order chi connectivity index (χ1) is 9.18. The second-order valence-electron chi connectivity index (χ2n) is 4.60. The van der Waals surface area contributed by atoms with Gasteiger partial charge in [-0.2, -0.15) is 0 Å². The quantitative estimate of drug-likeness (QED) is 0.786. The van der Waals surface area contributed by atoms with Crippen LogP contribution in [0.1, 0.15) is 34.0 Å². The van der Waals surface area contributed by atoms with Gasteiger partial charge in [0.25, 0.3) is 0 Å². The number of fused-ring (bicyclic) bond motifs is 1. The fraction of sp³-hybridized carbons (Fsp3) is 0.200. The van der Waals surface area contributed by atoms with E-state index in [-0.39, 0.29) is 17.3 Å². The molecule has 0 aliphatic heterocycles. The Balaban J connectivity index is 2.00. The summed E-state index contributed by atoms with van der Waals surface area (Å²) in [6.45, 7) is 0. The zero-order chi connectivity index (χ0) is 13.4. The molecule has 0 radical (unpaired) electrons. The lowest BCUT2D eigenvalue weighted by Crippen LogP contribution is -2.13. The summed E-state index contributed by atoms with van der Waals surface area (Å²) in [6, 6.07) is 8.64. The van der Waals surface area contributed by atoms with Crippen molar-refractivity contribution in [2.24, 2.45) is 0 Å². The summed E-state index contributed by atoms with van der Waals surface area (Å²) >= 11 is 3.11. The maximum Gasteiger partial charge on any atom is 0.174 e. The van der Waals surface area contributed by atoms with Crippen molar-refractivity contribution in [2.75, 3.05) is 0 Å². The molecule has 0 saturated heterocycles. The summed E-state index contributed by atoms with van der Waals surface area (Å²) in [5.74, 6) is -0.992. The smallest absolute Gasteiger partial charge is 0.174 e. The van der Waals surface area contributed by atoms with E-state index in [4.69, 9.17) is 0 Å². The Morgan fingerprint density at radius 3 is 3.00 bits per heavy atom. The number of aromatic nitrogens is 1. The van der Waals surface area contributed by atoms with Gasteiger partial charge in [0.05, 0.1) is 21.6 Å². The Hall–Kier alpha value is -1.55. The minimum absolute atomic E-state index is 0.137. The minimum Gasteiger partial charge on any atom is -0.293 e. The topological polar surface area (TPSA) is 30.0 Å². The van der Waals surface area contributed by atoms with Crippen molar-refractivity contribution in [1.82, 2.24) is 4.98 Å². The predicted molar refractivity (Wildman–Crippen MR) is 73.7 cm³/mol. The zero-order valence-corrected chi connectivity index (χ0v) is 11.7. The Labute approximate surface area is 118 Å². The molecule has 1 heterocycles. The number of rotatable bonds is 2. The number of halogens is 2. The normalized spacial score (nSPS) is 17.3. The molecule has 1 aromatic carbocycles. The molecule has 1 aliphatic carbocycles. The number of carbonyl (C=O) groups is 1. The van der Waals surface area contributed by atoms with Gasteiger partial charge in [-0.25, -0.2) is 4.39 Å². The van der Waals surface area contributed by atoms with Crippen LogP contribution < -0.4 is 0 Å². The fourth-order valence-corrected chi connectivity index (χ4v) is 2.92. The second-order valence-corrected chi connectivity index (χ2v) is 5.46. The second kappa shape index (κ2) is 4.85. The number of Topliss-reactive ketones (excluding diaryl/α,β-unsaturated/α-hetero) is 1. The third-order valence-electron chi connectivity index (χ3n) is 3.49. The van der Waals surface area contributed by atoms with Gasteiger partial charge >= 0.3 is 0 Å². The molecule has 1 atom stereocenters. The fourth-order valence-electron chi connectivity index (χ4n) is 2.55. The number of carbonyl (C=O) groups excluding carboxylic acids is 1. The van der Waals surface area contributed by atoms with E-state index in [1.54, 1.807) is 18.3 Å². The van der Waals surface area contributed by atoms with Gasteiger partial charge < -0.3 is 0 Å². The molecule has 96 valence electrons. The molecule has 2 aromatic rings. The van der Waals surface area contributed by atoms with Gasteiger partial charge in [0.1, 0.15) is 5.82 Å². The SMILES string of the molecule is O=C(c1cccc(Br)c1F)C1CCc2cccnc21. The van der Waals surface area contributed by atoms with Crippen LogP contribution in [-0.4, -0.2) is 10.8 Å². The van der Waals surface area contributed by atoms with Crippen LogP contribution in [0.2, 0.25) is 0 Å². The molecule has 4 heteroatoms. The lowest BCUT2D eigenvalue weighted by Gasteiger charge is -2.10. The number of hydrogen-bond donors (Lipinski definition) is 0. The molecule has 0 bridgehead atoms. The first-order valence-electron chi connectivity index (χ1n) is 6.10. The lowest BCUT2D eigenvalue weighted by molar-refractivity contribution is 0.0954. The third kappa shape index (κ3) is 2.10. The molecule has 0 N–H and O–H groups in total. The van der Waals surface area contributed by atoms with Crippen molar-refractivity contribution in [3.05, 3.63) is 63.6 Å². The molecule has 0 saturated carbocycles. The molecule has 3 rings (SSSR count). The van der Waals surface area contributed by atoms with E-state index in [9.17, 15) is 9.18 Å². The summed E-state index contributed by atoms with van der Waals surface area (Å²) in [7, 11) is 0. The highest BCUT2D eigenvalue weighted by atomic mass is 79.9. The van der Waals surface area contributed by atoms with E-state index in [1.165, 1.54) is 6.07 Å². The van der Waals surface area contributed by atoms with E-state index in [1.807, 2.05) is 12.1 Å². The molecule has 1 aliphatic rings. The summed E-state index contributed by atoms with van der Waals surface area (Å²) < 4.78 is 14.3. The highest BCUT2D eigenvalue weighted by Gasteiger charge is 2.31. The average molecular weight is 320 g/mol. The van der Waals surface area contributed by atoms with Crippen LogP contribution in [0.25, 0.3) is 0 Å². The van der Waals surface area contributed by atoms with Crippen molar-refractivity contribution in [2.45, 2.75) is 18.8 Å². The largest absolute Gasteiger partial charge is 0.293 e. The monoisotopic (exact) mass is 319 g/mol. The molecular weight excluding hydrogens is 309 g/mol. The highest BCUT2D eigenvalue weighted by Crippen LogP contribution is 2.34. The zero-order valence-electron chi connectivity index (χ0n) is 10.1. The summed E-state index contributed by atoms with van der Waals surface area (Å²) in [5, 5.41) is 0. The van der Waals surface area contributed by atoms with Crippen LogP contribution in [0.5, 0.6) is 0 Å². The molecule has 0 fully saturated rings. The van der Waals surface area contributed by atoms with Gasteiger partial charge in [-0.15, -0.1) is 0 Å². The van der Waals surface area contributed by atoms with Gasteiger partial charge in [0.2, 0.25) is 0 Å². The van der Waals surface area contributed by atoms with Gasteiger partial charge in [0.15, 0.2) is 5.78 Å². The summed E-state index contributed by atoms with van der Waals surface area (Å²) in [5.41, 5.74) is 2.03. The molecular formula is C15H11BrFNO. The van der Waals surface area contributed by atoms with E-state index < -0.39 is 5.82 Å². The van der Waals surface area contributed by atoms with Crippen LogP contribution in [0.3, 0.4) is 0 Å². The van der Waals surface area contributed by atoms with Crippen LogP contribution in [0, 0.1) is 5.82 Å². The number of nitrogens with zero attached hydrogens (tertiary/aromatic N) is 1. The molecule has 2 nitrogen and oxygen atoms in total. The van der Waals surface area contributed by atoms with Gasteiger partial charge in [-0.3, -0.25) is 9.78 Å². The van der Waals surface area contributed by atoms with Crippen LogP contribution >= 0.6 is 15.9 Å². The van der Waals surface area contributed by atoms with Gasteiger partial charge in [0, 0.05) is 6.20 Å². The molecule has 1 unspecified atom stereocenters. The first kappa shape index (κ1) is 12.5. The van der Waals surface area contributed by atoms with Gasteiger partial charge in [-0.05, 0) is 52.5 Å². The Morgan fingerprint density at radius 2 is 2.16 bits per heavy atom. The number of benzene rings is 1. The Bertz CT molecular complexity index is 656. The third-order valence-corrected chi connectivity index (χ3v) is 4.10. The van der Waals surface area contributed by atoms with Crippen molar-refractivity contribution in [3.63, 3.8) is 0 Å². The van der Waals surface area contributed by atoms with E-state index in [2.05, 4.69) is 20.9 Å².